The summed E-state index contributed by atoms with van der Waals surface area (Å²) in [5, 5.41) is 17.0. The van der Waals surface area contributed by atoms with Crippen molar-refractivity contribution in [3.05, 3.63) is 0 Å². The van der Waals surface area contributed by atoms with Gasteiger partial charge in [0, 0.05) is 0 Å². The first kappa shape index (κ1) is 8.96. The fourth-order valence-electron chi connectivity index (χ4n) is 0.711. The van der Waals surface area contributed by atoms with E-state index in [-0.39, 0.29) is 0 Å². The van der Waals surface area contributed by atoms with Crippen LogP contribution in [0.4, 0.5) is 0 Å². The van der Waals surface area contributed by atoms with E-state index in [9.17, 15) is 4.79 Å². The average molecular weight is 141 g/mol. The molecule has 1 N–H and O–H groups in total. The largest absolute Gasteiger partial charge is 0.480 e. The van der Waals surface area contributed by atoms with Crippen molar-refractivity contribution in [1.29, 1.82) is 5.26 Å². The van der Waals surface area contributed by atoms with Crippen molar-refractivity contribution in [2.24, 2.45) is 5.41 Å². The third kappa shape index (κ3) is 1.73. The number of aliphatic carboxylic acids is 1. The molecule has 0 aromatic rings. The summed E-state index contributed by atoms with van der Waals surface area (Å²) in [7, 11) is 0. The summed E-state index contributed by atoms with van der Waals surface area (Å²) in [6.07, 6.45) is 1.13. The molecule has 0 saturated heterocycles. The lowest BCUT2D eigenvalue weighted by Gasteiger charge is -2.13. The minimum Gasteiger partial charge on any atom is -0.480 e. The minimum absolute atomic E-state index is 0.416. The van der Waals surface area contributed by atoms with Crippen LogP contribution in [0.3, 0.4) is 0 Å². The number of nitrogens with zero attached hydrogens (tertiary/aromatic N) is 1. The smallest absolute Gasteiger partial charge is 0.323 e. The molecule has 0 amide bonds. The van der Waals surface area contributed by atoms with Crippen LogP contribution in [0.2, 0.25) is 0 Å². The van der Waals surface area contributed by atoms with Gasteiger partial charge in [-0.05, 0) is 13.3 Å². The molecule has 0 rings (SSSR count). The van der Waals surface area contributed by atoms with Crippen molar-refractivity contribution in [1.82, 2.24) is 0 Å². The van der Waals surface area contributed by atoms with E-state index in [0.29, 0.717) is 6.42 Å². The molecule has 56 valence electrons. The lowest BCUT2D eigenvalue weighted by molar-refractivity contribution is -0.145. The van der Waals surface area contributed by atoms with Crippen molar-refractivity contribution < 1.29 is 9.90 Å². The Bertz CT molecular complexity index is 171. The Labute approximate surface area is 60.3 Å². The van der Waals surface area contributed by atoms with Gasteiger partial charge >= 0.3 is 5.97 Å². The van der Waals surface area contributed by atoms with Gasteiger partial charge in [-0.3, -0.25) is 4.79 Å². The molecule has 0 aliphatic heterocycles. The Morgan fingerprint density at radius 3 is 2.40 bits per heavy atom. The molecule has 0 fully saturated rings. The lowest BCUT2D eigenvalue weighted by atomic mass is 9.88. The molecular formula is C7H11NO2. The SMILES string of the molecule is CCCC(C)(C#N)C(=O)O. The van der Waals surface area contributed by atoms with Crippen LogP contribution in [0.1, 0.15) is 26.7 Å². The highest BCUT2D eigenvalue weighted by Crippen LogP contribution is 2.21. The number of carbonyl (C=O) groups is 1. The van der Waals surface area contributed by atoms with Crippen LogP contribution in [0.5, 0.6) is 0 Å². The van der Waals surface area contributed by atoms with E-state index in [1.807, 2.05) is 6.92 Å². The highest BCUT2D eigenvalue weighted by Gasteiger charge is 2.31. The van der Waals surface area contributed by atoms with Gasteiger partial charge in [0.2, 0.25) is 0 Å². The van der Waals surface area contributed by atoms with Crippen LogP contribution in [-0.4, -0.2) is 11.1 Å². The van der Waals surface area contributed by atoms with Crippen molar-refractivity contribution in [3.8, 4) is 6.07 Å². The first-order valence-corrected chi connectivity index (χ1v) is 3.21. The second-order valence-electron chi connectivity index (χ2n) is 2.50. The number of nitriles is 1. The van der Waals surface area contributed by atoms with E-state index in [4.69, 9.17) is 10.4 Å². The average Bonchev–Trinajstić information content (AvgIpc) is 1.88. The molecule has 0 aliphatic carbocycles. The normalized spacial score (nSPS) is 15.3. The number of rotatable bonds is 3. The highest BCUT2D eigenvalue weighted by molar-refractivity contribution is 5.77. The van der Waals surface area contributed by atoms with Gasteiger partial charge in [-0.1, -0.05) is 13.3 Å². The molecule has 0 heterocycles. The van der Waals surface area contributed by atoms with Gasteiger partial charge in [0.1, 0.15) is 0 Å². The number of carboxylic acid groups (broad SMARTS) is 1. The van der Waals surface area contributed by atoms with Crippen LogP contribution < -0.4 is 0 Å². The molecule has 10 heavy (non-hydrogen) atoms. The van der Waals surface area contributed by atoms with Crippen LogP contribution >= 0.6 is 0 Å². The number of hydrogen-bond acceptors (Lipinski definition) is 2. The first-order chi connectivity index (χ1) is 4.56. The maximum absolute atomic E-state index is 10.4. The maximum atomic E-state index is 10.4. The van der Waals surface area contributed by atoms with Crippen molar-refractivity contribution in [3.63, 3.8) is 0 Å². The topological polar surface area (TPSA) is 61.1 Å². The molecule has 0 bridgehead atoms. The third-order valence-electron chi connectivity index (χ3n) is 1.47. The summed E-state index contributed by atoms with van der Waals surface area (Å²) >= 11 is 0. The predicted molar refractivity (Wildman–Crippen MR) is 36.3 cm³/mol. The highest BCUT2D eigenvalue weighted by atomic mass is 16.4. The van der Waals surface area contributed by atoms with Crippen LogP contribution in [-0.2, 0) is 4.79 Å². The Balaban J connectivity index is 4.27. The molecule has 0 spiro atoms. The van der Waals surface area contributed by atoms with Crippen molar-refractivity contribution in [2.75, 3.05) is 0 Å². The zero-order valence-corrected chi connectivity index (χ0v) is 6.22. The van der Waals surface area contributed by atoms with Gasteiger partial charge in [0.05, 0.1) is 6.07 Å². The van der Waals surface area contributed by atoms with Gasteiger partial charge in [0.15, 0.2) is 5.41 Å². The van der Waals surface area contributed by atoms with E-state index in [1.54, 1.807) is 6.07 Å². The fourth-order valence-corrected chi connectivity index (χ4v) is 0.711. The monoisotopic (exact) mass is 141 g/mol. The Kier molecular flexibility index (Phi) is 2.88. The molecule has 1 unspecified atom stereocenters. The van der Waals surface area contributed by atoms with Gasteiger partial charge in [-0.15, -0.1) is 0 Å². The fraction of sp³-hybridized carbons (Fsp3) is 0.714. The summed E-state index contributed by atoms with van der Waals surface area (Å²) in [6, 6.07) is 1.78. The van der Waals surface area contributed by atoms with Crippen molar-refractivity contribution >= 4 is 5.97 Å². The summed E-state index contributed by atoms with van der Waals surface area (Å²) in [5.41, 5.74) is -1.19. The molecule has 0 saturated carbocycles. The standard InChI is InChI=1S/C7H11NO2/c1-3-4-7(2,5-8)6(9)10/h3-4H2,1-2H3,(H,9,10). The summed E-state index contributed by atoms with van der Waals surface area (Å²) in [6.45, 7) is 3.30. The van der Waals surface area contributed by atoms with E-state index in [2.05, 4.69) is 0 Å². The Morgan fingerprint density at radius 2 is 2.30 bits per heavy atom. The lowest BCUT2D eigenvalue weighted by Crippen LogP contribution is -2.25. The van der Waals surface area contributed by atoms with Crippen LogP contribution in [0, 0.1) is 16.7 Å². The Hall–Kier alpha value is -1.04. The van der Waals surface area contributed by atoms with Crippen molar-refractivity contribution in [2.45, 2.75) is 26.7 Å². The summed E-state index contributed by atoms with van der Waals surface area (Å²) in [4.78, 5) is 10.4. The van der Waals surface area contributed by atoms with E-state index in [1.165, 1.54) is 6.92 Å². The van der Waals surface area contributed by atoms with E-state index < -0.39 is 11.4 Å². The third-order valence-corrected chi connectivity index (χ3v) is 1.47. The zero-order chi connectivity index (χ0) is 8.20. The summed E-state index contributed by atoms with van der Waals surface area (Å²) < 4.78 is 0. The zero-order valence-electron chi connectivity index (χ0n) is 6.22. The minimum atomic E-state index is -1.19. The summed E-state index contributed by atoms with van der Waals surface area (Å²) in [5.74, 6) is -1.03. The van der Waals surface area contributed by atoms with Gasteiger partial charge in [-0.2, -0.15) is 5.26 Å². The second kappa shape index (κ2) is 3.21. The van der Waals surface area contributed by atoms with Crippen LogP contribution in [0.15, 0.2) is 0 Å². The van der Waals surface area contributed by atoms with E-state index in [0.717, 1.165) is 6.42 Å². The van der Waals surface area contributed by atoms with Crippen LogP contribution in [0.25, 0.3) is 0 Å². The number of carboxylic acids is 1. The molecule has 0 aromatic heterocycles. The molecular weight excluding hydrogens is 130 g/mol. The molecule has 3 heteroatoms. The number of hydrogen-bond donors (Lipinski definition) is 1. The van der Waals surface area contributed by atoms with E-state index >= 15 is 0 Å². The molecule has 1 atom stereocenters. The molecule has 0 radical (unpaired) electrons. The maximum Gasteiger partial charge on any atom is 0.323 e. The first-order valence-electron chi connectivity index (χ1n) is 3.21. The van der Waals surface area contributed by atoms with Gasteiger partial charge in [0.25, 0.3) is 0 Å². The quantitative estimate of drug-likeness (QED) is 0.646. The predicted octanol–water partition coefficient (Wildman–Crippen LogP) is 1.40. The van der Waals surface area contributed by atoms with Gasteiger partial charge < -0.3 is 5.11 Å². The molecule has 0 aliphatic rings. The Morgan fingerprint density at radius 1 is 1.80 bits per heavy atom. The van der Waals surface area contributed by atoms with Gasteiger partial charge in [-0.25, -0.2) is 0 Å². The second-order valence-corrected chi connectivity index (χ2v) is 2.50. The molecule has 0 aromatic carbocycles. The molecule has 3 nitrogen and oxygen atoms in total.